The lowest BCUT2D eigenvalue weighted by Crippen LogP contribution is -2.58. The zero-order valence-corrected chi connectivity index (χ0v) is 10.3. The Morgan fingerprint density at radius 2 is 1.56 bits per heavy atom. The normalized spacial score (nSPS) is 24.9. The summed E-state index contributed by atoms with van der Waals surface area (Å²) in [6.45, 7) is 4.33. The van der Waals surface area contributed by atoms with E-state index in [2.05, 4.69) is 32.0 Å². The Morgan fingerprint density at radius 1 is 1.00 bits per heavy atom. The summed E-state index contributed by atoms with van der Waals surface area (Å²) in [5, 5.41) is 0. The van der Waals surface area contributed by atoms with Gasteiger partial charge in [0.2, 0.25) is 0 Å². The van der Waals surface area contributed by atoms with Crippen molar-refractivity contribution < 1.29 is 0 Å². The van der Waals surface area contributed by atoms with Crippen LogP contribution in [0, 0.1) is 19.3 Å². The Labute approximate surface area is 98.0 Å². The van der Waals surface area contributed by atoms with E-state index >= 15 is 0 Å². The van der Waals surface area contributed by atoms with E-state index < -0.39 is 0 Å². The van der Waals surface area contributed by atoms with Crippen LogP contribution in [0.2, 0.25) is 0 Å². The zero-order chi connectivity index (χ0) is 11.4. The minimum atomic E-state index is -0.0167. The van der Waals surface area contributed by atoms with Crippen molar-refractivity contribution in [2.24, 2.45) is 11.1 Å². The van der Waals surface area contributed by atoms with Gasteiger partial charge in [-0.15, -0.1) is 0 Å². The molecule has 2 aliphatic rings. The van der Waals surface area contributed by atoms with Crippen LogP contribution < -0.4 is 5.73 Å². The third-order valence-electron chi connectivity index (χ3n) is 4.59. The van der Waals surface area contributed by atoms with E-state index in [-0.39, 0.29) is 5.54 Å². The number of benzene rings is 1. The van der Waals surface area contributed by atoms with E-state index in [1.165, 1.54) is 48.8 Å². The molecule has 16 heavy (non-hydrogen) atoms. The van der Waals surface area contributed by atoms with E-state index in [4.69, 9.17) is 5.73 Å². The number of aryl methyl sites for hydroxylation is 2. The Kier molecular flexibility index (Phi) is 2.00. The third-order valence-corrected chi connectivity index (χ3v) is 4.59. The van der Waals surface area contributed by atoms with Gasteiger partial charge in [-0.3, -0.25) is 0 Å². The van der Waals surface area contributed by atoms with Crippen molar-refractivity contribution in [3.63, 3.8) is 0 Å². The maximum atomic E-state index is 6.55. The first-order valence-electron chi connectivity index (χ1n) is 6.39. The molecule has 2 fully saturated rings. The number of rotatable bonds is 1. The Morgan fingerprint density at radius 3 is 2.00 bits per heavy atom. The molecule has 3 rings (SSSR count). The highest BCUT2D eigenvalue weighted by Crippen LogP contribution is 2.62. The molecule has 86 valence electrons. The van der Waals surface area contributed by atoms with Crippen LogP contribution in [0.15, 0.2) is 18.2 Å². The largest absolute Gasteiger partial charge is 0.321 e. The molecule has 0 saturated heterocycles. The summed E-state index contributed by atoms with van der Waals surface area (Å²) < 4.78 is 0. The predicted molar refractivity (Wildman–Crippen MR) is 67.3 cm³/mol. The van der Waals surface area contributed by atoms with Gasteiger partial charge in [-0.05, 0) is 50.5 Å². The quantitative estimate of drug-likeness (QED) is 0.763. The standard InChI is InChI=1S/C15H21N/c1-11-6-12(2)8-13(7-11)15(16)9-14(10-15)4-3-5-14/h6-8H,3-5,9-10,16H2,1-2H3. The van der Waals surface area contributed by atoms with E-state index in [0.29, 0.717) is 5.41 Å². The van der Waals surface area contributed by atoms with Crippen LogP contribution in [0.1, 0.15) is 48.8 Å². The van der Waals surface area contributed by atoms with E-state index in [1.807, 2.05) is 0 Å². The van der Waals surface area contributed by atoms with E-state index in [9.17, 15) is 0 Å². The molecular weight excluding hydrogens is 194 g/mol. The van der Waals surface area contributed by atoms with Gasteiger partial charge in [0.15, 0.2) is 0 Å². The van der Waals surface area contributed by atoms with Crippen molar-refractivity contribution in [3.8, 4) is 0 Å². The smallest absolute Gasteiger partial charge is 0.0420 e. The van der Waals surface area contributed by atoms with Gasteiger partial charge in [0, 0.05) is 5.54 Å². The zero-order valence-electron chi connectivity index (χ0n) is 10.3. The van der Waals surface area contributed by atoms with Gasteiger partial charge in [0.25, 0.3) is 0 Å². The number of nitrogens with two attached hydrogens (primary N) is 1. The van der Waals surface area contributed by atoms with E-state index in [1.54, 1.807) is 0 Å². The fourth-order valence-electron chi connectivity index (χ4n) is 3.78. The Bertz CT molecular complexity index is 401. The van der Waals surface area contributed by atoms with Gasteiger partial charge in [0.05, 0.1) is 0 Å². The second-order valence-corrected chi connectivity index (χ2v) is 6.24. The average molecular weight is 215 g/mol. The molecular formula is C15H21N. The molecule has 0 amide bonds. The molecule has 1 heteroatoms. The van der Waals surface area contributed by atoms with Gasteiger partial charge in [-0.1, -0.05) is 35.7 Å². The maximum Gasteiger partial charge on any atom is 0.0420 e. The first-order valence-corrected chi connectivity index (χ1v) is 6.39. The van der Waals surface area contributed by atoms with Crippen LogP contribution in [-0.2, 0) is 5.54 Å². The molecule has 2 saturated carbocycles. The summed E-state index contributed by atoms with van der Waals surface area (Å²) in [7, 11) is 0. The number of hydrogen-bond donors (Lipinski definition) is 1. The predicted octanol–water partition coefficient (Wildman–Crippen LogP) is 3.42. The lowest BCUT2D eigenvalue weighted by atomic mass is 9.47. The van der Waals surface area contributed by atoms with Crippen LogP contribution in [-0.4, -0.2) is 0 Å². The summed E-state index contributed by atoms with van der Waals surface area (Å²) in [4.78, 5) is 0. The molecule has 0 aliphatic heterocycles. The lowest BCUT2D eigenvalue weighted by molar-refractivity contribution is -0.0462. The van der Waals surface area contributed by atoms with Crippen molar-refractivity contribution in [2.75, 3.05) is 0 Å². The Hall–Kier alpha value is -0.820. The highest BCUT2D eigenvalue weighted by molar-refractivity contribution is 5.36. The van der Waals surface area contributed by atoms with Crippen molar-refractivity contribution in [3.05, 3.63) is 34.9 Å². The van der Waals surface area contributed by atoms with Crippen molar-refractivity contribution in [2.45, 2.75) is 51.5 Å². The molecule has 2 N–H and O–H groups in total. The molecule has 0 heterocycles. The maximum absolute atomic E-state index is 6.55. The molecule has 0 radical (unpaired) electrons. The van der Waals surface area contributed by atoms with Crippen molar-refractivity contribution >= 4 is 0 Å². The average Bonchev–Trinajstić information content (AvgIpc) is 2.08. The van der Waals surface area contributed by atoms with Gasteiger partial charge >= 0.3 is 0 Å². The van der Waals surface area contributed by atoms with Crippen LogP contribution in [0.25, 0.3) is 0 Å². The summed E-state index contributed by atoms with van der Waals surface area (Å²) in [6.07, 6.45) is 6.67. The third kappa shape index (κ3) is 1.41. The fourth-order valence-corrected chi connectivity index (χ4v) is 3.78. The minimum Gasteiger partial charge on any atom is -0.321 e. The van der Waals surface area contributed by atoms with Crippen LogP contribution in [0.3, 0.4) is 0 Å². The molecule has 1 nitrogen and oxygen atoms in total. The fraction of sp³-hybridized carbons (Fsp3) is 0.600. The molecule has 2 aliphatic carbocycles. The molecule has 0 unspecified atom stereocenters. The van der Waals surface area contributed by atoms with Crippen molar-refractivity contribution in [1.82, 2.24) is 0 Å². The summed E-state index contributed by atoms with van der Waals surface area (Å²) >= 11 is 0. The first-order chi connectivity index (χ1) is 7.51. The highest BCUT2D eigenvalue weighted by atomic mass is 14.8. The van der Waals surface area contributed by atoms with Gasteiger partial charge in [0.1, 0.15) is 0 Å². The number of hydrogen-bond acceptors (Lipinski definition) is 1. The molecule has 0 bridgehead atoms. The summed E-state index contributed by atoms with van der Waals surface area (Å²) in [5.41, 5.74) is 11.2. The highest BCUT2D eigenvalue weighted by Gasteiger charge is 2.55. The molecule has 0 atom stereocenters. The summed E-state index contributed by atoms with van der Waals surface area (Å²) in [5.74, 6) is 0. The molecule has 1 spiro atoms. The van der Waals surface area contributed by atoms with Gasteiger partial charge in [-0.25, -0.2) is 0 Å². The Balaban J connectivity index is 1.87. The second kappa shape index (κ2) is 3.10. The topological polar surface area (TPSA) is 26.0 Å². The lowest BCUT2D eigenvalue weighted by Gasteiger charge is -2.60. The van der Waals surface area contributed by atoms with Gasteiger partial charge in [-0.2, -0.15) is 0 Å². The summed E-state index contributed by atoms with van der Waals surface area (Å²) in [6, 6.07) is 6.78. The monoisotopic (exact) mass is 215 g/mol. The van der Waals surface area contributed by atoms with Crippen molar-refractivity contribution in [1.29, 1.82) is 0 Å². The minimum absolute atomic E-state index is 0.0167. The van der Waals surface area contributed by atoms with E-state index in [0.717, 1.165) is 0 Å². The van der Waals surface area contributed by atoms with Crippen LogP contribution in [0.4, 0.5) is 0 Å². The molecule has 1 aromatic rings. The van der Waals surface area contributed by atoms with Crippen LogP contribution >= 0.6 is 0 Å². The molecule has 0 aromatic heterocycles. The van der Waals surface area contributed by atoms with Crippen LogP contribution in [0.5, 0.6) is 0 Å². The SMILES string of the molecule is Cc1cc(C)cc(C2(N)CC3(CCC3)C2)c1. The molecule has 1 aromatic carbocycles. The second-order valence-electron chi connectivity index (χ2n) is 6.24. The van der Waals surface area contributed by atoms with Gasteiger partial charge < -0.3 is 5.73 Å². The first kappa shape index (κ1) is 10.3.